The first kappa shape index (κ1) is 21.2. The van der Waals surface area contributed by atoms with Gasteiger partial charge in [0.2, 0.25) is 0 Å². The van der Waals surface area contributed by atoms with E-state index in [0.29, 0.717) is 13.2 Å². The first-order valence-corrected chi connectivity index (χ1v) is 9.54. The molecule has 2 aromatic rings. The van der Waals surface area contributed by atoms with Gasteiger partial charge < -0.3 is 14.7 Å². The molecule has 0 amide bonds. The maximum absolute atomic E-state index is 12.8. The van der Waals surface area contributed by atoms with Crippen molar-refractivity contribution in [1.29, 1.82) is 0 Å². The number of carbonyl (C=O) groups is 1. The summed E-state index contributed by atoms with van der Waals surface area (Å²) in [7, 11) is 0. The third-order valence-corrected chi connectivity index (χ3v) is 5.19. The van der Waals surface area contributed by atoms with Crippen molar-refractivity contribution in [3.63, 3.8) is 0 Å². The Kier molecular flexibility index (Phi) is 6.17. The monoisotopic (exact) mass is 407 g/mol. The third kappa shape index (κ3) is 5.09. The molecule has 2 atom stereocenters. The Morgan fingerprint density at radius 3 is 2.28 bits per heavy atom. The lowest BCUT2D eigenvalue weighted by atomic mass is 9.95. The number of alkyl halides is 3. The summed E-state index contributed by atoms with van der Waals surface area (Å²) >= 11 is 0. The summed E-state index contributed by atoms with van der Waals surface area (Å²) < 4.78 is 44.3. The summed E-state index contributed by atoms with van der Waals surface area (Å²) in [4.78, 5) is 13.2. The molecule has 1 saturated heterocycles. The molecule has 1 aliphatic heterocycles. The smallest absolute Gasteiger partial charge is 0.416 e. The van der Waals surface area contributed by atoms with E-state index in [-0.39, 0.29) is 23.6 Å². The zero-order valence-corrected chi connectivity index (χ0v) is 16.3. The minimum Gasteiger partial charge on any atom is -0.478 e. The van der Waals surface area contributed by atoms with Crippen molar-refractivity contribution < 1.29 is 27.8 Å². The standard InChI is InChI=1S/C22H24F3NO3/c1-14(2)29-13-20-11-17(15-3-7-18(8-4-15)22(23,24)25)12-26(20)19-9-5-16(6-10-19)21(27)28/h3-10,14,17,20H,11-13H2,1-2H3,(H,27,28)/t17?,20-/m0/s1. The van der Waals surface area contributed by atoms with E-state index in [1.165, 1.54) is 0 Å². The number of halogens is 3. The molecule has 1 heterocycles. The highest BCUT2D eigenvalue weighted by Gasteiger charge is 2.35. The summed E-state index contributed by atoms with van der Waals surface area (Å²) in [6.45, 7) is 5.03. The zero-order valence-electron chi connectivity index (χ0n) is 16.3. The molecule has 3 rings (SSSR count). The summed E-state index contributed by atoms with van der Waals surface area (Å²) in [5.41, 5.74) is 1.29. The fourth-order valence-corrected chi connectivity index (χ4v) is 3.68. The second-order valence-electron chi connectivity index (χ2n) is 7.59. The van der Waals surface area contributed by atoms with Crippen molar-refractivity contribution in [2.24, 2.45) is 0 Å². The average molecular weight is 407 g/mol. The van der Waals surface area contributed by atoms with Gasteiger partial charge in [-0.1, -0.05) is 12.1 Å². The lowest BCUT2D eigenvalue weighted by Crippen LogP contribution is -2.34. The highest BCUT2D eigenvalue weighted by Crippen LogP contribution is 2.37. The number of hydrogen-bond acceptors (Lipinski definition) is 3. The zero-order chi connectivity index (χ0) is 21.2. The Labute approximate surface area is 167 Å². The molecule has 156 valence electrons. The first-order chi connectivity index (χ1) is 13.6. The van der Waals surface area contributed by atoms with Gasteiger partial charge >= 0.3 is 12.1 Å². The number of anilines is 1. The normalized spacial score (nSPS) is 19.7. The third-order valence-electron chi connectivity index (χ3n) is 5.19. The summed E-state index contributed by atoms with van der Waals surface area (Å²) in [6, 6.07) is 12.0. The van der Waals surface area contributed by atoms with E-state index >= 15 is 0 Å². The number of carboxylic acid groups (broad SMARTS) is 1. The fraction of sp³-hybridized carbons (Fsp3) is 0.409. The van der Waals surface area contributed by atoms with Gasteiger partial charge in [-0.15, -0.1) is 0 Å². The predicted octanol–water partition coefficient (Wildman–Crippen LogP) is 5.19. The number of aromatic carboxylic acids is 1. The van der Waals surface area contributed by atoms with Crippen LogP contribution in [0.5, 0.6) is 0 Å². The van der Waals surface area contributed by atoms with Crippen LogP contribution in [-0.4, -0.2) is 36.4 Å². The topological polar surface area (TPSA) is 49.8 Å². The van der Waals surface area contributed by atoms with Crippen molar-refractivity contribution in [1.82, 2.24) is 0 Å². The van der Waals surface area contributed by atoms with Crippen LogP contribution in [0.25, 0.3) is 0 Å². The lowest BCUT2D eigenvalue weighted by molar-refractivity contribution is -0.137. The van der Waals surface area contributed by atoms with Crippen LogP contribution < -0.4 is 4.90 Å². The predicted molar refractivity (Wildman–Crippen MR) is 104 cm³/mol. The van der Waals surface area contributed by atoms with Crippen molar-refractivity contribution in [2.75, 3.05) is 18.1 Å². The van der Waals surface area contributed by atoms with Crippen molar-refractivity contribution in [3.8, 4) is 0 Å². The second-order valence-corrected chi connectivity index (χ2v) is 7.59. The molecule has 1 aliphatic rings. The molecule has 0 bridgehead atoms. The Hall–Kier alpha value is -2.54. The van der Waals surface area contributed by atoms with Gasteiger partial charge in [0.15, 0.2) is 0 Å². The minimum absolute atomic E-state index is 0.0559. The van der Waals surface area contributed by atoms with Crippen LogP contribution in [0.4, 0.5) is 18.9 Å². The largest absolute Gasteiger partial charge is 0.478 e. The number of benzene rings is 2. The molecular weight excluding hydrogens is 383 g/mol. The molecule has 0 spiro atoms. The van der Waals surface area contributed by atoms with Gasteiger partial charge in [-0.3, -0.25) is 0 Å². The van der Waals surface area contributed by atoms with Gasteiger partial charge in [-0.25, -0.2) is 4.79 Å². The Morgan fingerprint density at radius 2 is 1.76 bits per heavy atom. The maximum atomic E-state index is 12.8. The van der Waals surface area contributed by atoms with Crippen LogP contribution >= 0.6 is 0 Å². The summed E-state index contributed by atoms with van der Waals surface area (Å²) in [5.74, 6) is -0.919. The molecular formula is C22H24F3NO3. The van der Waals surface area contributed by atoms with Crippen LogP contribution in [0.3, 0.4) is 0 Å². The molecule has 7 heteroatoms. The molecule has 1 N–H and O–H groups in total. The van der Waals surface area contributed by atoms with E-state index in [1.54, 1.807) is 36.4 Å². The summed E-state index contributed by atoms with van der Waals surface area (Å²) in [6.07, 6.45) is -3.53. The molecule has 2 aromatic carbocycles. The Bertz CT molecular complexity index is 832. The van der Waals surface area contributed by atoms with E-state index in [9.17, 15) is 18.0 Å². The second kappa shape index (κ2) is 8.45. The van der Waals surface area contributed by atoms with E-state index in [2.05, 4.69) is 4.90 Å². The molecule has 0 aromatic heterocycles. The number of rotatable bonds is 6. The first-order valence-electron chi connectivity index (χ1n) is 9.54. The van der Waals surface area contributed by atoms with E-state index in [0.717, 1.165) is 29.8 Å². The van der Waals surface area contributed by atoms with Gasteiger partial charge in [0.05, 0.1) is 29.9 Å². The van der Waals surface area contributed by atoms with E-state index in [4.69, 9.17) is 9.84 Å². The molecule has 1 unspecified atom stereocenters. The minimum atomic E-state index is -4.35. The van der Waals surface area contributed by atoms with Crippen LogP contribution in [0, 0.1) is 0 Å². The van der Waals surface area contributed by atoms with Gasteiger partial charge in [-0.2, -0.15) is 13.2 Å². The maximum Gasteiger partial charge on any atom is 0.416 e. The van der Waals surface area contributed by atoms with Crippen LogP contribution in [-0.2, 0) is 10.9 Å². The van der Waals surface area contributed by atoms with Gasteiger partial charge in [0, 0.05) is 18.2 Å². The molecule has 0 saturated carbocycles. The van der Waals surface area contributed by atoms with Crippen LogP contribution in [0.15, 0.2) is 48.5 Å². The fourth-order valence-electron chi connectivity index (χ4n) is 3.68. The highest BCUT2D eigenvalue weighted by atomic mass is 19.4. The quantitative estimate of drug-likeness (QED) is 0.716. The number of ether oxygens (including phenoxy) is 1. The van der Waals surface area contributed by atoms with Gasteiger partial charge in [-0.05, 0) is 62.2 Å². The summed E-state index contributed by atoms with van der Waals surface area (Å²) in [5, 5.41) is 9.09. The molecule has 0 radical (unpaired) electrons. The van der Waals surface area contributed by atoms with Crippen molar-refractivity contribution in [3.05, 3.63) is 65.2 Å². The van der Waals surface area contributed by atoms with Crippen molar-refractivity contribution >= 4 is 11.7 Å². The molecule has 1 fully saturated rings. The van der Waals surface area contributed by atoms with E-state index < -0.39 is 17.7 Å². The number of carboxylic acids is 1. The van der Waals surface area contributed by atoms with Crippen LogP contribution in [0.1, 0.15) is 47.7 Å². The van der Waals surface area contributed by atoms with Gasteiger partial charge in [0.1, 0.15) is 0 Å². The number of hydrogen-bond donors (Lipinski definition) is 1. The molecule has 0 aliphatic carbocycles. The molecule has 4 nitrogen and oxygen atoms in total. The highest BCUT2D eigenvalue weighted by molar-refractivity contribution is 5.88. The number of nitrogens with zero attached hydrogens (tertiary/aromatic N) is 1. The average Bonchev–Trinajstić information content (AvgIpc) is 3.10. The van der Waals surface area contributed by atoms with E-state index in [1.807, 2.05) is 13.8 Å². The van der Waals surface area contributed by atoms with Crippen molar-refractivity contribution in [2.45, 2.75) is 44.5 Å². The van der Waals surface area contributed by atoms with Gasteiger partial charge in [0.25, 0.3) is 0 Å². The Balaban J connectivity index is 1.81. The SMILES string of the molecule is CC(C)OC[C@@H]1CC(c2ccc(C(F)(F)F)cc2)CN1c1ccc(C(=O)O)cc1. The lowest BCUT2D eigenvalue weighted by Gasteiger charge is -2.27. The molecule has 29 heavy (non-hydrogen) atoms. The Morgan fingerprint density at radius 1 is 1.14 bits per heavy atom. The van der Waals surface area contributed by atoms with Crippen LogP contribution in [0.2, 0.25) is 0 Å².